The van der Waals surface area contributed by atoms with Crippen LogP contribution < -0.4 is 20.1 Å². The third-order valence-corrected chi connectivity index (χ3v) is 5.59. The van der Waals surface area contributed by atoms with Gasteiger partial charge >= 0.3 is 0 Å². The molecule has 0 aliphatic carbocycles. The fourth-order valence-electron chi connectivity index (χ4n) is 2.95. The number of methoxy groups -OCH3 is 2. The summed E-state index contributed by atoms with van der Waals surface area (Å²) >= 11 is 1.34. The monoisotopic (exact) mass is 441 g/mol. The normalized spacial score (nSPS) is 10.6. The van der Waals surface area contributed by atoms with Crippen molar-refractivity contribution in [3.8, 4) is 11.5 Å². The summed E-state index contributed by atoms with van der Waals surface area (Å²) in [6.45, 7) is 5.36. The molecule has 0 aliphatic heterocycles. The van der Waals surface area contributed by atoms with E-state index in [1.54, 1.807) is 32.4 Å². The topological polar surface area (TPSA) is 90.3 Å². The minimum atomic E-state index is -0.165. The van der Waals surface area contributed by atoms with E-state index in [4.69, 9.17) is 9.47 Å². The van der Waals surface area contributed by atoms with Crippen molar-refractivity contribution in [2.45, 2.75) is 32.1 Å². The number of hydrogen-bond donors (Lipinski definition) is 2. The van der Waals surface area contributed by atoms with E-state index in [2.05, 4.69) is 39.9 Å². The maximum absolute atomic E-state index is 12.5. The molecule has 8 nitrogen and oxygen atoms in total. The fourth-order valence-corrected chi connectivity index (χ4v) is 3.78. The Bertz CT molecular complexity index is 1020. The molecule has 1 amide bonds. The van der Waals surface area contributed by atoms with Crippen LogP contribution in [0.4, 0.5) is 11.4 Å². The Labute approximate surface area is 186 Å². The van der Waals surface area contributed by atoms with Crippen molar-refractivity contribution in [3.63, 3.8) is 0 Å². The second-order valence-corrected chi connectivity index (χ2v) is 7.71. The molecule has 0 spiro atoms. The first-order valence-electron chi connectivity index (χ1n) is 9.91. The number of nitrogens with zero attached hydrogens (tertiary/aromatic N) is 3. The third-order valence-electron chi connectivity index (χ3n) is 4.62. The van der Waals surface area contributed by atoms with E-state index >= 15 is 0 Å². The standard InChI is InChI=1S/C22H27N5O3S/c1-5-27-20(13-23-16-8-6-15(2)7-9-16)25-26-22(27)31-14-21(28)24-18-12-17(29-3)10-11-19(18)30-4/h6-12,23H,5,13-14H2,1-4H3,(H,24,28). The predicted octanol–water partition coefficient (Wildman–Crippen LogP) is 3.97. The van der Waals surface area contributed by atoms with Crippen LogP contribution in [0.1, 0.15) is 18.3 Å². The zero-order valence-electron chi connectivity index (χ0n) is 18.1. The molecule has 0 fully saturated rings. The number of ether oxygens (including phenoxy) is 2. The quantitative estimate of drug-likeness (QED) is 0.460. The lowest BCUT2D eigenvalue weighted by Crippen LogP contribution is -2.15. The van der Waals surface area contributed by atoms with Gasteiger partial charge in [-0.15, -0.1) is 10.2 Å². The number of thioether (sulfide) groups is 1. The van der Waals surface area contributed by atoms with Gasteiger partial charge in [-0.3, -0.25) is 4.79 Å². The van der Waals surface area contributed by atoms with E-state index in [-0.39, 0.29) is 11.7 Å². The highest BCUT2D eigenvalue weighted by Crippen LogP contribution is 2.29. The molecule has 3 rings (SSSR count). The molecule has 0 saturated heterocycles. The lowest BCUT2D eigenvalue weighted by Gasteiger charge is -2.12. The summed E-state index contributed by atoms with van der Waals surface area (Å²) in [6.07, 6.45) is 0. The molecule has 0 radical (unpaired) electrons. The third kappa shape index (κ3) is 5.91. The maximum atomic E-state index is 12.5. The number of aromatic nitrogens is 3. The smallest absolute Gasteiger partial charge is 0.234 e. The Balaban J connectivity index is 1.60. The Morgan fingerprint density at radius 1 is 1.10 bits per heavy atom. The zero-order valence-corrected chi connectivity index (χ0v) is 19.0. The molecule has 0 unspecified atom stereocenters. The molecule has 0 aliphatic rings. The number of aryl methyl sites for hydroxylation is 1. The molecule has 164 valence electrons. The van der Waals surface area contributed by atoms with E-state index < -0.39 is 0 Å². The van der Waals surface area contributed by atoms with Gasteiger partial charge in [-0.1, -0.05) is 29.5 Å². The predicted molar refractivity (Wildman–Crippen MR) is 123 cm³/mol. The van der Waals surface area contributed by atoms with Gasteiger partial charge in [-0.2, -0.15) is 0 Å². The second kappa shape index (κ2) is 10.7. The van der Waals surface area contributed by atoms with Crippen LogP contribution in [0.25, 0.3) is 0 Å². The lowest BCUT2D eigenvalue weighted by atomic mass is 10.2. The number of carbonyl (C=O) groups excluding carboxylic acids is 1. The molecule has 0 bridgehead atoms. The van der Waals surface area contributed by atoms with Crippen LogP contribution in [0.3, 0.4) is 0 Å². The molecule has 1 heterocycles. The summed E-state index contributed by atoms with van der Waals surface area (Å²) in [6, 6.07) is 13.4. The molecule has 31 heavy (non-hydrogen) atoms. The first-order valence-corrected chi connectivity index (χ1v) is 10.9. The second-order valence-electron chi connectivity index (χ2n) is 6.77. The minimum Gasteiger partial charge on any atom is -0.497 e. The van der Waals surface area contributed by atoms with E-state index in [0.717, 1.165) is 11.5 Å². The van der Waals surface area contributed by atoms with Crippen LogP contribution in [0.15, 0.2) is 47.6 Å². The summed E-state index contributed by atoms with van der Waals surface area (Å²) < 4.78 is 12.5. The van der Waals surface area contributed by atoms with Crippen LogP contribution in [0.5, 0.6) is 11.5 Å². The van der Waals surface area contributed by atoms with Crippen LogP contribution >= 0.6 is 11.8 Å². The summed E-state index contributed by atoms with van der Waals surface area (Å²) in [5, 5.41) is 15.5. The van der Waals surface area contributed by atoms with Crippen molar-refractivity contribution in [1.82, 2.24) is 14.8 Å². The molecule has 2 N–H and O–H groups in total. The van der Waals surface area contributed by atoms with Gasteiger partial charge in [0.2, 0.25) is 5.91 Å². The zero-order chi connectivity index (χ0) is 22.2. The van der Waals surface area contributed by atoms with Crippen LogP contribution in [0.2, 0.25) is 0 Å². The summed E-state index contributed by atoms with van der Waals surface area (Å²) in [4.78, 5) is 12.5. The molecule has 2 aromatic carbocycles. The Morgan fingerprint density at radius 2 is 1.87 bits per heavy atom. The molecule has 0 atom stereocenters. The van der Waals surface area contributed by atoms with Crippen molar-refractivity contribution in [3.05, 3.63) is 53.9 Å². The number of anilines is 2. The van der Waals surface area contributed by atoms with Gasteiger partial charge in [0.05, 0.1) is 32.2 Å². The number of benzene rings is 2. The van der Waals surface area contributed by atoms with Crippen LogP contribution in [-0.4, -0.2) is 40.6 Å². The van der Waals surface area contributed by atoms with Gasteiger partial charge in [0.25, 0.3) is 0 Å². The summed E-state index contributed by atoms with van der Waals surface area (Å²) in [5.74, 6) is 2.06. The summed E-state index contributed by atoms with van der Waals surface area (Å²) in [7, 11) is 3.13. The van der Waals surface area contributed by atoms with Crippen molar-refractivity contribution in [2.75, 3.05) is 30.6 Å². The van der Waals surface area contributed by atoms with Crippen molar-refractivity contribution in [2.24, 2.45) is 0 Å². The first kappa shape index (κ1) is 22.5. The van der Waals surface area contributed by atoms with Crippen molar-refractivity contribution in [1.29, 1.82) is 0 Å². The number of hydrogen-bond acceptors (Lipinski definition) is 7. The SMILES string of the molecule is CCn1c(CNc2ccc(C)cc2)nnc1SCC(=O)Nc1cc(OC)ccc1OC. The van der Waals surface area contributed by atoms with Crippen molar-refractivity contribution < 1.29 is 14.3 Å². The van der Waals surface area contributed by atoms with Gasteiger partial charge in [0.1, 0.15) is 11.5 Å². The number of carbonyl (C=O) groups is 1. The average molecular weight is 442 g/mol. The molecule has 1 aromatic heterocycles. The Morgan fingerprint density at radius 3 is 2.55 bits per heavy atom. The highest BCUT2D eigenvalue weighted by atomic mass is 32.2. The highest BCUT2D eigenvalue weighted by Gasteiger charge is 2.14. The Kier molecular flexibility index (Phi) is 7.77. The molecular formula is C22H27N5O3S. The van der Waals surface area contributed by atoms with E-state index in [0.29, 0.717) is 35.4 Å². The van der Waals surface area contributed by atoms with Crippen LogP contribution in [-0.2, 0) is 17.9 Å². The molecular weight excluding hydrogens is 414 g/mol. The number of amides is 1. The van der Waals surface area contributed by atoms with Gasteiger partial charge in [-0.25, -0.2) is 0 Å². The largest absolute Gasteiger partial charge is 0.497 e. The minimum absolute atomic E-state index is 0.165. The lowest BCUT2D eigenvalue weighted by molar-refractivity contribution is -0.113. The van der Waals surface area contributed by atoms with Crippen molar-refractivity contribution >= 4 is 29.0 Å². The van der Waals surface area contributed by atoms with E-state index in [1.807, 2.05) is 23.6 Å². The van der Waals surface area contributed by atoms with Gasteiger partial charge < -0.3 is 24.7 Å². The Hall–Kier alpha value is -3.20. The highest BCUT2D eigenvalue weighted by molar-refractivity contribution is 7.99. The van der Waals surface area contributed by atoms with Gasteiger partial charge in [0, 0.05) is 18.3 Å². The molecule has 0 saturated carbocycles. The first-order chi connectivity index (χ1) is 15.0. The maximum Gasteiger partial charge on any atom is 0.234 e. The van der Waals surface area contributed by atoms with Gasteiger partial charge in [0.15, 0.2) is 11.0 Å². The fraction of sp³-hybridized carbons (Fsp3) is 0.318. The molecule has 3 aromatic rings. The number of rotatable bonds is 10. The van der Waals surface area contributed by atoms with E-state index in [9.17, 15) is 4.79 Å². The van der Waals surface area contributed by atoms with E-state index in [1.165, 1.54) is 17.3 Å². The summed E-state index contributed by atoms with van der Waals surface area (Å²) in [5.41, 5.74) is 2.80. The number of nitrogens with one attached hydrogen (secondary N) is 2. The average Bonchev–Trinajstić information content (AvgIpc) is 3.19. The van der Waals surface area contributed by atoms with Crippen LogP contribution in [0, 0.1) is 6.92 Å². The molecule has 9 heteroatoms. The van der Waals surface area contributed by atoms with Gasteiger partial charge in [-0.05, 0) is 38.1 Å².